The molecule has 2 heteroatoms. The maximum Gasteiger partial charge on any atom is 0.178 e. The number of hydrogen-bond donors (Lipinski definition) is 0. The highest BCUT2D eigenvalue weighted by Crippen LogP contribution is 2.30. The lowest BCUT2D eigenvalue weighted by Gasteiger charge is -2.24. The lowest BCUT2D eigenvalue weighted by atomic mass is 9.79. The molecule has 15 heavy (non-hydrogen) atoms. The fourth-order valence-electron chi connectivity index (χ4n) is 1.62. The molecule has 0 aromatic heterocycles. The molecule has 76 valence electrons. The maximum atomic E-state index is 11.0. The maximum absolute atomic E-state index is 11.0. The lowest BCUT2D eigenvalue weighted by molar-refractivity contribution is -0.110. The van der Waals surface area contributed by atoms with E-state index >= 15 is 0 Å². The highest BCUT2D eigenvalue weighted by atomic mass is 35.5. The molecule has 0 fully saturated rings. The Hall–Kier alpha value is -1.34. The number of carbonyl (C=O) groups is 1. The Labute approximate surface area is 94.1 Å². The molecular formula is C13H11ClO. The van der Waals surface area contributed by atoms with E-state index in [1.807, 2.05) is 36.4 Å². The minimum Gasteiger partial charge on any atom is -0.290 e. The SMILES string of the molecule is CC1(c2ccc(Cl)cc2)C=CC(=O)C=C1. The van der Waals surface area contributed by atoms with Crippen molar-refractivity contribution in [2.75, 3.05) is 0 Å². The van der Waals surface area contributed by atoms with Gasteiger partial charge >= 0.3 is 0 Å². The molecule has 0 amide bonds. The van der Waals surface area contributed by atoms with Crippen molar-refractivity contribution in [3.05, 3.63) is 59.2 Å². The van der Waals surface area contributed by atoms with Crippen LogP contribution in [0.25, 0.3) is 0 Å². The van der Waals surface area contributed by atoms with E-state index in [1.54, 1.807) is 12.2 Å². The Morgan fingerprint density at radius 3 is 2.13 bits per heavy atom. The van der Waals surface area contributed by atoms with Gasteiger partial charge in [0.1, 0.15) is 0 Å². The number of carbonyl (C=O) groups excluding carboxylic acids is 1. The highest BCUT2D eigenvalue weighted by Gasteiger charge is 2.22. The highest BCUT2D eigenvalue weighted by molar-refractivity contribution is 6.30. The first-order valence-corrected chi connectivity index (χ1v) is 5.16. The zero-order chi connectivity index (χ0) is 10.9. The van der Waals surface area contributed by atoms with Crippen molar-refractivity contribution in [1.29, 1.82) is 0 Å². The molecule has 1 aromatic carbocycles. The van der Waals surface area contributed by atoms with Crippen LogP contribution < -0.4 is 0 Å². The van der Waals surface area contributed by atoms with Crippen molar-refractivity contribution in [2.45, 2.75) is 12.3 Å². The number of ketones is 1. The fourth-order valence-corrected chi connectivity index (χ4v) is 1.75. The number of allylic oxidation sites excluding steroid dienone is 4. The summed E-state index contributed by atoms with van der Waals surface area (Å²) in [5, 5.41) is 0.724. The van der Waals surface area contributed by atoms with E-state index in [0.29, 0.717) is 0 Å². The molecule has 0 aliphatic heterocycles. The molecule has 1 aromatic rings. The molecule has 1 aliphatic carbocycles. The predicted octanol–water partition coefficient (Wildman–Crippen LogP) is 3.29. The van der Waals surface area contributed by atoms with Gasteiger partial charge in [-0.2, -0.15) is 0 Å². The number of hydrogen-bond acceptors (Lipinski definition) is 1. The minimum atomic E-state index is -0.196. The van der Waals surface area contributed by atoms with Crippen LogP contribution in [0.1, 0.15) is 12.5 Å². The molecule has 0 spiro atoms. The quantitative estimate of drug-likeness (QED) is 0.707. The molecule has 0 atom stereocenters. The zero-order valence-corrected chi connectivity index (χ0v) is 9.16. The monoisotopic (exact) mass is 218 g/mol. The van der Waals surface area contributed by atoms with E-state index in [1.165, 1.54) is 0 Å². The van der Waals surface area contributed by atoms with Crippen molar-refractivity contribution in [2.24, 2.45) is 0 Å². The van der Waals surface area contributed by atoms with Crippen molar-refractivity contribution < 1.29 is 4.79 Å². The van der Waals surface area contributed by atoms with Gasteiger partial charge < -0.3 is 0 Å². The smallest absolute Gasteiger partial charge is 0.178 e. The summed E-state index contributed by atoms with van der Waals surface area (Å²) in [5.74, 6) is 0.0430. The largest absolute Gasteiger partial charge is 0.290 e. The Bertz CT molecular complexity index is 424. The van der Waals surface area contributed by atoms with E-state index in [0.717, 1.165) is 10.6 Å². The summed E-state index contributed by atoms with van der Waals surface area (Å²) in [6.45, 7) is 2.07. The van der Waals surface area contributed by atoms with Gasteiger partial charge in [0.2, 0.25) is 0 Å². The Kier molecular flexibility index (Phi) is 2.49. The second kappa shape index (κ2) is 3.67. The lowest BCUT2D eigenvalue weighted by Crippen LogP contribution is -2.19. The third-order valence-electron chi connectivity index (χ3n) is 2.65. The van der Waals surface area contributed by atoms with E-state index < -0.39 is 0 Å². The fraction of sp³-hybridized carbons (Fsp3) is 0.154. The van der Waals surface area contributed by atoms with Crippen LogP contribution in [0.3, 0.4) is 0 Å². The van der Waals surface area contributed by atoms with Gasteiger partial charge in [0, 0.05) is 10.4 Å². The Morgan fingerprint density at radius 2 is 1.60 bits per heavy atom. The first kappa shape index (κ1) is 10.2. The average molecular weight is 219 g/mol. The normalized spacial score (nSPS) is 18.1. The van der Waals surface area contributed by atoms with Gasteiger partial charge in [-0.25, -0.2) is 0 Å². The van der Waals surface area contributed by atoms with Gasteiger partial charge in [0.05, 0.1) is 0 Å². The molecule has 1 aliphatic rings. The standard InChI is InChI=1S/C13H11ClO/c1-13(8-6-12(15)7-9-13)10-2-4-11(14)5-3-10/h2-9H,1H3. The topological polar surface area (TPSA) is 17.1 Å². The van der Waals surface area contributed by atoms with E-state index in [2.05, 4.69) is 6.92 Å². The second-order valence-electron chi connectivity index (χ2n) is 3.86. The molecule has 0 saturated heterocycles. The zero-order valence-electron chi connectivity index (χ0n) is 8.41. The van der Waals surface area contributed by atoms with Crippen LogP contribution in [0.15, 0.2) is 48.6 Å². The summed E-state index contributed by atoms with van der Waals surface area (Å²) in [7, 11) is 0. The van der Waals surface area contributed by atoms with Crippen molar-refractivity contribution in [3.8, 4) is 0 Å². The van der Waals surface area contributed by atoms with Gasteiger partial charge in [0.25, 0.3) is 0 Å². The molecule has 1 nitrogen and oxygen atoms in total. The third kappa shape index (κ3) is 2.02. The van der Waals surface area contributed by atoms with Gasteiger partial charge in [-0.05, 0) is 36.8 Å². The summed E-state index contributed by atoms with van der Waals surface area (Å²) in [4.78, 5) is 11.0. The molecule has 0 N–H and O–H groups in total. The summed E-state index contributed by atoms with van der Waals surface area (Å²) in [6.07, 6.45) is 7.04. The van der Waals surface area contributed by atoms with Crippen molar-refractivity contribution >= 4 is 17.4 Å². The van der Waals surface area contributed by atoms with Gasteiger partial charge in [-0.3, -0.25) is 4.79 Å². The van der Waals surface area contributed by atoms with Crippen LogP contribution in [0, 0.1) is 0 Å². The van der Waals surface area contributed by atoms with Gasteiger partial charge in [-0.15, -0.1) is 0 Å². The first-order chi connectivity index (χ1) is 7.10. The molecular weight excluding hydrogens is 208 g/mol. The van der Waals surface area contributed by atoms with Gasteiger partial charge in [0.15, 0.2) is 5.78 Å². The van der Waals surface area contributed by atoms with E-state index in [4.69, 9.17) is 11.6 Å². The Morgan fingerprint density at radius 1 is 1.07 bits per heavy atom. The second-order valence-corrected chi connectivity index (χ2v) is 4.30. The number of halogens is 1. The number of rotatable bonds is 1. The molecule has 2 rings (SSSR count). The van der Waals surface area contributed by atoms with Crippen LogP contribution in [0.2, 0.25) is 5.02 Å². The van der Waals surface area contributed by atoms with E-state index in [-0.39, 0.29) is 11.2 Å². The first-order valence-electron chi connectivity index (χ1n) is 4.79. The van der Waals surface area contributed by atoms with E-state index in [9.17, 15) is 4.79 Å². The number of benzene rings is 1. The third-order valence-corrected chi connectivity index (χ3v) is 2.91. The molecule has 0 bridgehead atoms. The van der Waals surface area contributed by atoms with Crippen LogP contribution in [-0.4, -0.2) is 5.78 Å². The Balaban J connectivity index is 2.38. The molecule has 0 saturated carbocycles. The van der Waals surface area contributed by atoms with Crippen LogP contribution in [0.4, 0.5) is 0 Å². The van der Waals surface area contributed by atoms with Gasteiger partial charge in [-0.1, -0.05) is 35.9 Å². The summed E-state index contributed by atoms with van der Waals surface area (Å²) in [5.41, 5.74) is 0.935. The summed E-state index contributed by atoms with van der Waals surface area (Å²) >= 11 is 5.83. The predicted molar refractivity (Wildman–Crippen MR) is 62.1 cm³/mol. The molecule has 0 radical (unpaired) electrons. The van der Waals surface area contributed by atoms with Crippen LogP contribution >= 0.6 is 11.6 Å². The van der Waals surface area contributed by atoms with Crippen LogP contribution in [-0.2, 0) is 10.2 Å². The summed E-state index contributed by atoms with van der Waals surface area (Å²) in [6, 6.07) is 7.68. The van der Waals surface area contributed by atoms with Crippen LogP contribution in [0.5, 0.6) is 0 Å². The molecule has 0 unspecified atom stereocenters. The average Bonchev–Trinajstić information content (AvgIpc) is 2.24. The molecule has 0 heterocycles. The van der Waals surface area contributed by atoms with Crippen molar-refractivity contribution in [1.82, 2.24) is 0 Å². The van der Waals surface area contributed by atoms with Crippen molar-refractivity contribution in [3.63, 3.8) is 0 Å². The summed E-state index contributed by atoms with van der Waals surface area (Å²) < 4.78 is 0. The minimum absolute atomic E-state index is 0.0430.